The van der Waals surface area contributed by atoms with E-state index < -0.39 is 0 Å². The minimum Gasteiger partial charge on any atom is -0.332 e. The third kappa shape index (κ3) is 2.32. The molecule has 0 bridgehead atoms. The van der Waals surface area contributed by atoms with Crippen molar-refractivity contribution < 1.29 is 4.79 Å². The molecule has 0 saturated carbocycles. The number of hydrogen-bond donors (Lipinski definition) is 1. The summed E-state index contributed by atoms with van der Waals surface area (Å²) < 4.78 is 1.92. The summed E-state index contributed by atoms with van der Waals surface area (Å²) in [6, 6.07) is 2.14. The molecule has 1 unspecified atom stereocenters. The van der Waals surface area contributed by atoms with Crippen LogP contribution in [0.25, 0.3) is 0 Å². The molecule has 4 rings (SSSR count). The topological polar surface area (TPSA) is 66.8 Å². The van der Waals surface area contributed by atoms with E-state index in [1.165, 1.54) is 6.42 Å². The van der Waals surface area contributed by atoms with E-state index in [2.05, 4.69) is 15.3 Å². The molecule has 2 aliphatic rings. The van der Waals surface area contributed by atoms with Crippen LogP contribution in [-0.4, -0.2) is 43.4 Å². The molecule has 1 fully saturated rings. The van der Waals surface area contributed by atoms with Crippen LogP contribution >= 0.6 is 0 Å². The first-order chi connectivity index (χ1) is 10.8. The smallest absolute Gasteiger partial charge is 0.274 e. The first kappa shape index (κ1) is 13.5. The highest BCUT2D eigenvalue weighted by Crippen LogP contribution is 2.26. The van der Waals surface area contributed by atoms with Gasteiger partial charge >= 0.3 is 0 Å². The molecule has 2 aromatic rings. The number of carbonyl (C=O) groups excluding carboxylic acids is 1. The highest BCUT2D eigenvalue weighted by molar-refractivity contribution is 5.94. The van der Waals surface area contributed by atoms with Crippen LogP contribution in [0.3, 0.4) is 0 Å². The van der Waals surface area contributed by atoms with E-state index in [1.54, 1.807) is 6.20 Å². The SMILES string of the molecule is O=C(c1n[nH]c2c1CCC2)N1CCCCC1Cn1cccn1. The summed E-state index contributed by atoms with van der Waals surface area (Å²) in [6.07, 6.45) is 10.2. The van der Waals surface area contributed by atoms with Gasteiger partial charge in [0.15, 0.2) is 5.69 Å². The van der Waals surface area contributed by atoms with Gasteiger partial charge < -0.3 is 4.90 Å². The summed E-state index contributed by atoms with van der Waals surface area (Å²) >= 11 is 0. The van der Waals surface area contributed by atoms with E-state index in [0.717, 1.165) is 56.5 Å². The van der Waals surface area contributed by atoms with Crippen LogP contribution in [0.15, 0.2) is 18.5 Å². The molecule has 116 valence electrons. The highest BCUT2D eigenvalue weighted by Gasteiger charge is 2.32. The average molecular weight is 299 g/mol. The highest BCUT2D eigenvalue weighted by atomic mass is 16.2. The Morgan fingerprint density at radius 3 is 3.14 bits per heavy atom. The lowest BCUT2D eigenvalue weighted by Crippen LogP contribution is -2.46. The molecule has 0 radical (unpaired) electrons. The Morgan fingerprint density at radius 1 is 1.32 bits per heavy atom. The first-order valence-corrected chi connectivity index (χ1v) is 8.17. The molecule has 2 aromatic heterocycles. The van der Waals surface area contributed by atoms with Crippen molar-refractivity contribution in [3.05, 3.63) is 35.4 Å². The summed E-state index contributed by atoms with van der Waals surface area (Å²) in [5, 5.41) is 11.6. The van der Waals surface area contributed by atoms with Gasteiger partial charge in [0.05, 0.1) is 12.6 Å². The molecule has 22 heavy (non-hydrogen) atoms. The minimum atomic E-state index is 0.0938. The van der Waals surface area contributed by atoms with E-state index in [1.807, 2.05) is 21.8 Å². The summed E-state index contributed by atoms with van der Waals surface area (Å²) in [5.41, 5.74) is 2.96. The number of likely N-dealkylation sites (tertiary alicyclic amines) is 1. The van der Waals surface area contributed by atoms with Crippen molar-refractivity contribution in [2.45, 2.75) is 51.1 Å². The van der Waals surface area contributed by atoms with Crippen LogP contribution in [0.1, 0.15) is 47.4 Å². The van der Waals surface area contributed by atoms with E-state index >= 15 is 0 Å². The van der Waals surface area contributed by atoms with Crippen LogP contribution in [0.2, 0.25) is 0 Å². The predicted molar refractivity (Wildman–Crippen MR) is 81.5 cm³/mol. The Labute approximate surface area is 129 Å². The van der Waals surface area contributed by atoms with Gasteiger partial charge in [0, 0.05) is 30.2 Å². The Bertz CT molecular complexity index is 660. The van der Waals surface area contributed by atoms with Crippen molar-refractivity contribution in [3.8, 4) is 0 Å². The summed E-state index contributed by atoms with van der Waals surface area (Å²) in [7, 11) is 0. The number of carbonyl (C=O) groups is 1. The summed E-state index contributed by atoms with van der Waals surface area (Å²) in [5.74, 6) is 0.0938. The lowest BCUT2D eigenvalue weighted by Gasteiger charge is -2.35. The van der Waals surface area contributed by atoms with Gasteiger partial charge in [-0.2, -0.15) is 10.2 Å². The first-order valence-electron chi connectivity index (χ1n) is 8.17. The van der Waals surface area contributed by atoms with Crippen molar-refractivity contribution in [1.29, 1.82) is 0 Å². The Kier molecular flexibility index (Phi) is 3.44. The number of amides is 1. The third-order valence-electron chi connectivity index (χ3n) is 4.85. The van der Waals surface area contributed by atoms with Crippen LogP contribution < -0.4 is 0 Å². The molecule has 1 N–H and O–H groups in total. The van der Waals surface area contributed by atoms with E-state index in [4.69, 9.17) is 0 Å². The number of rotatable bonds is 3. The monoisotopic (exact) mass is 299 g/mol. The van der Waals surface area contributed by atoms with Crippen LogP contribution in [-0.2, 0) is 19.4 Å². The summed E-state index contributed by atoms with van der Waals surface area (Å²) in [6.45, 7) is 1.59. The normalized spacial score (nSPS) is 21.1. The van der Waals surface area contributed by atoms with Gasteiger partial charge in [-0.25, -0.2) is 0 Å². The average Bonchev–Trinajstić information content (AvgIpc) is 3.24. The molecule has 0 aromatic carbocycles. The Balaban J connectivity index is 1.56. The molecular weight excluding hydrogens is 278 g/mol. The molecule has 6 nitrogen and oxygen atoms in total. The second-order valence-electron chi connectivity index (χ2n) is 6.26. The van der Waals surface area contributed by atoms with E-state index in [-0.39, 0.29) is 11.9 Å². The number of nitrogens with one attached hydrogen (secondary N) is 1. The Hall–Kier alpha value is -2.11. The molecule has 1 atom stereocenters. The largest absolute Gasteiger partial charge is 0.332 e. The Morgan fingerprint density at radius 2 is 2.27 bits per heavy atom. The molecule has 1 saturated heterocycles. The molecular formula is C16H21N5O. The van der Waals surface area contributed by atoms with Crippen LogP contribution in [0, 0.1) is 0 Å². The van der Waals surface area contributed by atoms with E-state index in [9.17, 15) is 4.79 Å². The zero-order valence-electron chi connectivity index (χ0n) is 12.7. The molecule has 1 aliphatic carbocycles. The molecule has 3 heterocycles. The fourth-order valence-electron chi connectivity index (χ4n) is 3.71. The lowest BCUT2D eigenvalue weighted by molar-refractivity contribution is 0.0576. The summed E-state index contributed by atoms with van der Waals surface area (Å²) in [4.78, 5) is 15.0. The van der Waals surface area contributed by atoms with Gasteiger partial charge in [0.25, 0.3) is 5.91 Å². The second-order valence-corrected chi connectivity index (χ2v) is 6.26. The maximum absolute atomic E-state index is 13.0. The zero-order chi connectivity index (χ0) is 14.9. The van der Waals surface area contributed by atoms with Crippen molar-refractivity contribution in [1.82, 2.24) is 24.9 Å². The van der Waals surface area contributed by atoms with Crippen molar-refractivity contribution in [2.75, 3.05) is 6.54 Å². The van der Waals surface area contributed by atoms with Crippen molar-refractivity contribution in [2.24, 2.45) is 0 Å². The standard InChI is InChI=1S/C16H21N5O/c22-16(15-13-6-3-7-14(13)18-19-15)21-10-2-1-5-12(21)11-20-9-4-8-17-20/h4,8-9,12H,1-3,5-7,10-11H2,(H,18,19). The fourth-order valence-corrected chi connectivity index (χ4v) is 3.71. The number of nitrogens with zero attached hydrogens (tertiary/aromatic N) is 4. The maximum atomic E-state index is 13.0. The number of fused-ring (bicyclic) bond motifs is 1. The van der Waals surface area contributed by atoms with E-state index in [0.29, 0.717) is 5.69 Å². The van der Waals surface area contributed by atoms with Crippen LogP contribution in [0.4, 0.5) is 0 Å². The van der Waals surface area contributed by atoms with Crippen molar-refractivity contribution in [3.63, 3.8) is 0 Å². The second kappa shape index (κ2) is 5.59. The van der Waals surface area contributed by atoms with Gasteiger partial charge in [-0.1, -0.05) is 0 Å². The predicted octanol–water partition coefficient (Wildman–Crippen LogP) is 1.79. The molecule has 1 aliphatic heterocycles. The van der Waals surface area contributed by atoms with Gasteiger partial charge in [0.2, 0.25) is 0 Å². The quantitative estimate of drug-likeness (QED) is 0.939. The fraction of sp³-hybridized carbons (Fsp3) is 0.562. The van der Waals surface area contributed by atoms with Gasteiger partial charge in [0.1, 0.15) is 0 Å². The van der Waals surface area contributed by atoms with Crippen molar-refractivity contribution >= 4 is 5.91 Å². The number of aryl methyl sites for hydroxylation is 1. The molecule has 1 amide bonds. The zero-order valence-corrected chi connectivity index (χ0v) is 12.7. The maximum Gasteiger partial charge on any atom is 0.274 e. The van der Waals surface area contributed by atoms with Gasteiger partial charge in [-0.3, -0.25) is 14.6 Å². The lowest BCUT2D eigenvalue weighted by atomic mass is 10.0. The number of hydrogen-bond acceptors (Lipinski definition) is 3. The molecule has 0 spiro atoms. The third-order valence-corrected chi connectivity index (χ3v) is 4.85. The molecule has 6 heteroatoms. The number of H-pyrrole nitrogens is 1. The van der Waals surface area contributed by atoms with Crippen LogP contribution in [0.5, 0.6) is 0 Å². The van der Waals surface area contributed by atoms with Gasteiger partial charge in [-0.15, -0.1) is 0 Å². The minimum absolute atomic E-state index is 0.0938. The van der Waals surface area contributed by atoms with Gasteiger partial charge in [-0.05, 0) is 44.6 Å². The number of aromatic amines is 1. The number of piperidine rings is 1. The number of aromatic nitrogens is 4.